The van der Waals surface area contributed by atoms with Crippen LogP contribution in [0, 0.1) is 0 Å². The van der Waals surface area contributed by atoms with Crippen LogP contribution in [0.4, 0.5) is 0 Å². The first kappa shape index (κ1) is 34.3. The van der Waals surface area contributed by atoms with Gasteiger partial charge in [-0.25, -0.2) is 15.0 Å². The van der Waals surface area contributed by atoms with E-state index in [-0.39, 0.29) is 0 Å². The van der Waals surface area contributed by atoms with E-state index in [0.717, 1.165) is 72.0 Å². The summed E-state index contributed by atoms with van der Waals surface area (Å²) in [5.74, 6) is 1.85. The molecule has 11 aromatic rings. The lowest BCUT2D eigenvalue weighted by atomic mass is 9.91. The van der Waals surface area contributed by atoms with Crippen LogP contribution in [0.1, 0.15) is 0 Å². The molecule has 0 N–H and O–H groups in total. The van der Waals surface area contributed by atoms with E-state index in [1.165, 1.54) is 16.3 Å². The normalized spacial score (nSPS) is 11.4. The van der Waals surface area contributed by atoms with Crippen molar-refractivity contribution in [1.82, 2.24) is 19.5 Å². The first-order valence-corrected chi connectivity index (χ1v) is 19.9. The number of nitrogens with zero attached hydrogens (tertiary/aromatic N) is 4. The molecule has 59 heavy (non-hydrogen) atoms. The van der Waals surface area contributed by atoms with Crippen molar-refractivity contribution in [2.45, 2.75) is 0 Å². The second kappa shape index (κ2) is 14.5. The monoisotopic (exact) mass is 752 g/mol. The van der Waals surface area contributed by atoms with Gasteiger partial charge in [-0.3, -0.25) is 0 Å². The van der Waals surface area contributed by atoms with Gasteiger partial charge in [0.25, 0.3) is 0 Å². The average molecular weight is 753 g/mol. The highest BCUT2D eigenvalue weighted by Gasteiger charge is 2.23. The third-order valence-corrected chi connectivity index (χ3v) is 11.2. The molecule has 0 spiro atoms. The number of hydrogen-bond acceptors (Lipinski definition) is 3. The molecule has 0 saturated heterocycles. The van der Waals surface area contributed by atoms with E-state index in [1.54, 1.807) is 0 Å². The van der Waals surface area contributed by atoms with Gasteiger partial charge in [-0.15, -0.1) is 0 Å². The SMILES string of the molecule is c1ccc(-c2cccc(-c3nc(-c4ccccc4)nc(-c4cc(-n5c6ccccc6c6ccccc65)c(-c5cccc(-c6ccccc6)c5)c5ccccc45)n3)c2)cc1. The standard InChI is InChI=1S/C55H36N4/c1-4-18-37(19-5-1)40-24-16-26-42(34-40)52-47-31-11-10-28-44(47)48(36-51(52)59-49-32-14-12-29-45(49)46-30-13-15-33-50(46)59)55-57-53(39-22-8-3-9-23-39)56-54(58-55)43-27-17-25-41(35-43)38-20-6-2-7-21-38/h1-36H. The third-order valence-electron chi connectivity index (χ3n) is 11.2. The van der Waals surface area contributed by atoms with Gasteiger partial charge in [0.1, 0.15) is 0 Å². The van der Waals surface area contributed by atoms with E-state index >= 15 is 0 Å². The fraction of sp³-hybridized carbons (Fsp3) is 0. The van der Waals surface area contributed by atoms with Crippen molar-refractivity contribution in [2.24, 2.45) is 0 Å². The topological polar surface area (TPSA) is 43.6 Å². The maximum Gasteiger partial charge on any atom is 0.164 e. The summed E-state index contributed by atoms with van der Waals surface area (Å²) < 4.78 is 2.43. The van der Waals surface area contributed by atoms with E-state index in [9.17, 15) is 0 Å². The molecule has 0 amide bonds. The zero-order valence-corrected chi connectivity index (χ0v) is 32.1. The van der Waals surface area contributed by atoms with Crippen molar-refractivity contribution >= 4 is 32.6 Å². The van der Waals surface area contributed by atoms with Crippen molar-refractivity contribution in [2.75, 3.05) is 0 Å². The quantitative estimate of drug-likeness (QED) is 0.163. The van der Waals surface area contributed by atoms with Crippen LogP contribution >= 0.6 is 0 Å². The highest BCUT2D eigenvalue weighted by atomic mass is 15.0. The molecule has 4 nitrogen and oxygen atoms in total. The Morgan fingerprint density at radius 1 is 0.271 bits per heavy atom. The summed E-state index contributed by atoms with van der Waals surface area (Å²) in [6, 6.07) is 77.0. The smallest absolute Gasteiger partial charge is 0.164 e. The number of fused-ring (bicyclic) bond motifs is 4. The summed E-state index contributed by atoms with van der Waals surface area (Å²) in [6.07, 6.45) is 0. The molecule has 11 rings (SSSR count). The minimum Gasteiger partial charge on any atom is -0.309 e. The molecule has 2 heterocycles. The molecule has 0 atom stereocenters. The zero-order valence-electron chi connectivity index (χ0n) is 32.1. The minimum atomic E-state index is 0.613. The zero-order chi connectivity index (χ0) is 39.1. The number of benzene rings is 9. The Morgan fingerprint density at radius 2 is 0.678 bits per heavy atom. The second-order valence-corrected chi connectivity index (χ2v) is 14.8. The fourth-order valence-corrected chi connectivity index (χ4v) is 8.50. The Balaban J connectivity index is 1.23. The van der Waals surface area contributed by atoms with E-state index in [1.807, 2.05) is 24.3 Å². The Labute approximate surface area is 342 Å². The molecule has 0 radical (unpaired) electrons. The predicted molar refractivity (Wildman–Crippen MR) is 244 cm³/mol. The number of hydrogen-bond donors (Lipinski definition) is 0. The van der Waals surface area contributed by atoms with Gasteiger partial charge in [-0.1, -0.05) is 188 Å². The van der Waals surface area contributed by atoms with Crippen molar-refractivity contribution in [3.63, 3.8) is 0 Å². The summed E-state index contributed by atoms with van der Waals surface area (Å²) >= 11 is 0. The van der Waals surface area contributed by atoms with Gasteiger partial charge in [0.15, 0.2) is 17.5 Å². The maximum absolute atomic E-state index is 5.36. The lowest BCUT2D eigenvalue weighted by Gasteiger charge is -2.20. The van der Waals surface area contributed by atoms with Crippen molar-refractivity contribution in [3.05, 3.63) is 218 Å². The van der Waals surface area contributed by atoms with Gasteiger partial charge in [-0.05, 0) is 68.9 Å². The molecule has 0 bridgehead atoms. The highest BCUT2D eigenvalue weighted by molar-refractivity contribution is 6.13. The number of aromatic nitrogens is 4. The van der Waals surface area contributed by atoms with Gasteiger partial charge in [0.2, 0.25) is 0 Å². The Hall–Kier alpha value is -7.95. The molecule has 0 unspecified atom stereocenters. The van der Waals surface area contributed by atoms with Crippen LogP contribution in [0.25, 0.3) is 106 Å². The van der Waals surface area contributed by atoms with Crippen LogP contribution in [0.15, 0.2) is 218 Å². The van der Waals surface area contributed by atoms with Crippen LogP contribution in [0.5, 0.6) is 0 Å². The minimum absolute atomic E-state index is 0.613. The van der Waals surface area contributed by atoms with Crippen molar-refractivity contribution in [1.29, 1.82) is 0 Å². The highest BCUT2D eigenvalue weighted by Crippen LogP contribution is 2.44. The van der Waals surface area contributed by atoms with Gasteiger partial charge in [0.05, 0.1) is 16.7 Å². The second-order valence-electron chi connectivity index (χ2n) is 14.8. The van der Waals surface area contributed by atoms with E-state index in [4.69, 9.17) is 15.0 Å². The maximum atomic E-state index is 5.36. The molecule has 0 aliphatic heterocycles. The molecule has 9 aromatic carbocycles. The molecule has 276 valence electrons. The lowest BCUT2D eigenvalue weighted by Crippen LogP contribution is -2.03. The fourth-order valence-electron chi connectivity index (χ4n) is 8.50. The van der Waals surface area contributed by atoms with Gasteiger partial charge >= 0.3 is 0 Å². The molecular formula is C55H36N4. The molecule has 0 aliphatic rings. The molecule has 4 heteroatoms. The average Bonchev–Trinajstić information content (AvgIpc) is 3.66. The van der Waals surface area contributed by atoms with E-state index < -0.39 is 0 Å². The van der Waals surface area contributed by atoms with Crippen LogP contribution in [-0.2, 0) is 0 Å². The summed E-state index contributed by atoms with van der Waals surface area (Å²) in [7, 11) is 0. The van der Waals surface area contributed by atoms with Crippen LogP contribution in [-0.4, -0.2) is 19.5 Å². The predicted octanol–water partition coefficient (Wildman–Crippen LogP) is 14.1. The summed E-state index contributed by atoms with van der Waals surface area (Å²) in [5, 5.41) is 4.58. The van der Waals surface area contributed by atoms with Crippen LogP contribution in [0.2, 0.25) is 0 Å². The number of rotatable bonds is 7. The summed E-state index contributed by atoms with van der Waals surface area (Å²) in [4.78, 5) is 15.8. The molecule has 0 saturated carbocycles. The van der Waals surface area contributed by atoms with E-state index in [0.29, 0.717) is 17.5 Å². The van der Waals surface area contributed by atoms with Gasteiger partial charge in [-0.2, -0.15) is 0 Å². The first-order chi connectivity index (χ1) is 29.3. The molecule has 2 aromatic heterocycles. The third kappa shape index (κ3) is 6.15. The molecule has 0 aliphatic carbocycles. The largest absolute Gasteiger partial charge is 0.309 e. The van der Waals surface area contributed by atoms with Crippen LogP contribution in [0.3, 0.4) is 0 Å². The Bertz CT molecular complexity index is 3260. The van der Waals surface area contributed by atoms with Crippen molar-refractivity contribution < 1.29 is 0 Å². The summed E-state index contributed by atoms with van der Waals surface area (Å²) in [6.45, 7) is 0. The number of para-hydroxylation sites is 2. The lowest BCUT2D eigenvalue weighted by molar-refractivity contribution is 1.07. The van der Waals surface area contributed by atoms with Gasteiger partial charge < -0.3 is 4.57 Å². The van der Waals surface area contributed by atoms with E-state index in [2.05, 4.69) is 199 Å². The first-order valence-electron chi connectivity index (χ1n) is 19.9. The van der Waals surface area contributed by atoms with Crippen molar-refractivity contribution in [3.8, 4) is 73.2 Å². The van der Waals surface area contributed by atoms with Gasteiger partial charge in [0, 0.05) is 33.0 Å². The molecule has 0 fully saturated rings. The summed E-state index contributed by atoms with van der Waals surface area (Å²) in [5.41, 5.74) is 13.0. The Kier molecular flexibility index (Phi) is 8.45. The Morgan fingerprint density at radius 3 is 1.27 bits per heavy atom. The molecular weight excluding hydrogens is 717 g/mol. The van der Waals surface area contributed by atoms with Crippen LogP contribution < -0.4 is 0 Å².